The summed E-state index contributed by atoms with van der Waals surface area (Å²) in [4.78, 5) is 12.3. The molecule has 2 aliphatic rings. The molecule has 1 nitrogen and oxygen atoms in total. The largest absolute Gasteiger partial charge is 0.294 e. The maximum Gasteiger partial charge on any atom is 0.162 e. The minimum Gasteiger partial charge on any atom is -0.294 e. The molecule has 15 heavy (non-hydrogen) atoms. The van der Waals surface area contributed by atoms with Gasteiger partial charge in [-0.1, -0.05) is 32.8 Å². The maximum atomic E-state index is 12.3. The van der Waals surface area contributed by atoms with Gasteiger partial charge in [0.25, 0.3) is 0 Å². The first kappa shape index (κ1) is 10.9. The molecular weight excluding hydrogens is 184 g/mol. The van der Waals surface area contributed by atoms with Crippen molar-refractivity contribution in [1.29, 1.82) is 0 Å². The van der Waals surface area contributed by atoms with Gasteiger partial charge in [0.1, 0.15) is 0 Å². The summed E-state index contributed by atoms with van der Waals surface area (Å²) >= 11 is 0. The van der Waals surface area contributed by atoms with E-state index in [1.165, 1.54) is 31.3 Å². The van der Waals surface area contributed by atoms with E-state index < -0.39 is 0 Å². The van der Waals surface area contributed by atoms with Crippen LogP contribution in [-0.4, -0.2) is 5.78 Å². The van der Waals surface area contributed by atoms with E-state index in [1.54, 1.807) is 0 Å². The number of fused-ring (bicyclic) bond motifs is 1. The third-order valence-electron chi connectivity index (χ3n) is 4.15. The number of Topliss-reactive ketones (excluding diaryl/α,β-unsaturated/α-hetero) is 1. The molecule has 2 rings (SSSR count). The summed E-state index contributed by atoms with van der Waals surface area (Å²) in [7, 11) is 0. The van der Waals surface area contributed by atoms with E-state index in [2.05, 4.69) is 19.9 Å². The van der Waals surface area contributed by atoms with Gasteiger partial charge in [0, 0.05) is 5.92 Å². The number of hydrogen-bond donors (Lipinski definition) is 0. The van der Waals surface area contributed by atoms with Gasteiger partial charge in [-0.25, -0.2) is 0 Å². The Kier molecular flexibility index (Phi) is 3.28. The molecule has 0 aliphatic heterocycles. The zero-order chi connectivity index (χ0) is 10.8. The van der Waals surface area contributed by atoms with Crippen LogP contribution in [-0.2, 0) is 4.79 Å². The fourth-order valence-corrected chi connectivity index (χ4v) is 3.23. The Morgan fingerprint density at radius 2 is 2.27 bits per heavy atom. The first-order valence-corrected chi connectivity index (χ1v) is 6.48. The van der Waals surface area contributed by atoms with Crippen molar-refractivity contribution < 1.29 is 4.79 Å². The monoisotopic (exact) mass is 206 g/mol. The lowest BCUT2D eigenvalue weighted by molar-refractivity contribution is -0.123. The molecule has 0 saturated heterocycles. The Hall–Kier alpha value is -0.590. The first-order chi connectivity index (χ1) is 7.24. The minimum absolute atomic E-state index is 0.338. The van der Waals surface area contributed by atoms with Crippen molar-refractivity contribution in [2.24, 2.45) is 17.8 Å². The summed E-state index contributed by atoms with van der Waals surface area (Å²) < 4.78 is 0. The molecule has 0 spiro atoms. The first-order valence-electron chi connectivity index (χ1n) is 6.48. The van der Waals surface area contributed by atoms with Crippen molar-refractivity contribution in [3.63, 3.8) is 0 Å². The second kappa shape index (κ2) is 4.51. The topological polar surface area (TPSA) is 17.1 Å². The Bertz CT molecular complexity index is 277. The Labute approximate surface area is 92.9 Å². The second-order valence-corrected chi connectivity index (χ2v) is 5.26. The van der Waals surface area contributed by atoms with Gasteiger partial charge in [-0.15, -0.1) is 0 Å². The average molecular weight is 206 g/mol. The number of hydrogen-bond acceptors (Lipinski definition) is 1. The normalized spacial score (nSPS) is 35.2. The van der Waals surface area contributed by atoms with Crippen molar-refractivity contribution in [3.05, 3.63) is 11.6 Å². The fraction of sp³-hybridized carbons (Fsp3) is 0.786. The van der Waals surface area contributed by atoms with Gasteiger partial charge in [-0.05, 0) is 43.1 Å². The second-order valence-electron chi connectivity index (χ2n) is 5.26. The summed E-state index contributed by atoms with van der Waals surface area (Å²) in [6, 6.07) is 0. The van der Waals surface area contributed by atoms with E-state index in [0.717, 1.165) is 12.8 Å². The van der Waals surface area contributed by atoms with Crippen molar-refractivity contribution >= 4 is 5.78 Å². The van der Waals surface area contributed by atoms with Gasteiger partial charge >= 0.3 is 0 Å². The SMILES string of the molecule is CCCC[C@@H]1C(=O)C2=CCC[C@H]2C[C@@H]1C. The van der Waals surface area contributed by atoms with Crippen LogP contribution in [0.4, 0.5) is 0 Å². The van der Waals surface area contributed by atoms with Crippen LogP contribution in [0, 0.1) is 17.8 Å². The highest BCUT2D eigenvalue weighted by Gasteiger charge is 2.38. The van der Waals surface area contributed by atoms with Crippen molar-refractivity contribution in [3.8, 4) is 0 Å². The molecule has 0 heterocycles. The number of rotatable bonds is 3. The Morgan fingerprint density at radius 1 is 1.47 bits per heavy atom. The summed E-state index contributed by atoms with van der Waals surface area (Å²) in [6.45, 7) is 4.48. The molecule has 1 saturated carbocycles. The third-order valence-corrected chi connectivity index (χ3v) is 4.15. The van der Waals surface area contributed by atoms with Crippen molar-refractivity contribution in [1.82, 2.24) is 0 Å². The number of ketones is 1. The van der Waals surface area contributed by atoms with Crippen LogP contribution in [0.15, 0.2) is 11.6 Å². The Balaban J connectivity index is 2.07. The average Bonchev–Trinajstić information content (AvgIpc) is 2.65. The van der Waals surface area contributed by atoms with Gasteiger partial charge in [0.2, 0.25) is 0 Å². The van der Waals surface area contributed by atoms with Crippen molar-refractivity contribution in [2.45, 2.75) is 52.4 Å². The van der Waals surface area contributed by atoms with Gasteiger partial charge in [-0.3, -0.25) is 4.79 Å². The zero-order valence-electron chi connectivity index (χ0n) is 9.96. The van der Waals surface area contributed by atoms with Gasteiger partial charge in [0.15, 0.2) is 5.78 Å². The van der Waals surface area contributed by atoms with E-state index in [-0.39, 0.29) is 0 Å². The molecule has 1 heteroatoms. The van der Waals surface area contributed by atoms with E-state index in [9.17, 15) is 4.79 Å². The van der Waals surface area contributed by atoms with Gasteiger partial charge in [0.05, 0.1) is 0 Å². The summed E-state index contributed by atoms with van der Waals surface area (Å²) in [5.74, 6) is 2.06. The number of carbonyl (C=O) groups excluding carboxylic acids is 1. The molecule has 0 aromatic carbocycles. The molecule has 3 atom stereocenters. The number of allylic oxidation sites excluding steroid dienone is 2. The molecule has 0 aromatic rings. The summed E-state index contributed by atoms with van der Waals surface area (Å²) in [5.41, 5.74) is 1.19. The molecule has 0 amide bonds. The van der Waals surface area contributed by atoms with Gasteiger partial charge in [-0.2, -0.15) is 0 Å². The molecular formula is C14H22O. The molecule has 0 bridgehead atoms. The van der Waals surface area contributed by atoms with Crippen LogP contribution in [0.25, 0.3) is 0 Å². The number of unbranched alkanes of at least 4 members (excludes halogenated alkanes) is 1. The molecule has 0 unspecified atom stereocenters. The minimum atomic E-state index is 0.338. The van der Waals surface area contributed by atoms with Gasteiger partial charge < -0.3 is 0 Å². The van der Waals surface area contributed by atoms with Crippen molar-refractivity contribution in [2.75, 3.05) is 0 Å². The number of carbonyl (C=O) groups is 1. The Morgan fingerprint density at radius 3 is 3.00 bits per heavy atom. The smallest absolute Gasteiger partial charge is 0.162 e. The van der Waals surface area contributed by atoms with E-state index in [4.69, 9.17) is 0 Å². The lowest BCUT2D eigenvalue weighted by Crippen LogP contribution is -2.32. The van der Waals surface area contributed by atoms with Crippen LogP contribution < -0.4 is 0 Å². The highest BCUT2D eigenvalue weighted by molar-refractivity contribution is 5.99. The van der Waals surface area contributed by atoms with E-state index in [0.29, 0.717) is 23.5 Å². The predicted octanol–water partition coefficient (Wildman–Crippen LogP) is 3.74. The van der Waals surface area contributed by atoms with E-state index >= 15 is 0 Å². The molecule has 0 aromatic heterocycles. The standard InChI is InChI=1S/C14H22O/c1-3-4-7-12-10(2)9-11-6-5-8-13(11)14(12)15/h8,10-12H,3-7,9H2,1-2H3/t10-,11-,12-/m0/s1. The van der Waals surface area contributed by atoms with Crippen LogP contribution in [0.3, 0.4) is 0 Å². The highest BCUT2D eigenvalue weighted by atomic mass is 16.1. The van der Waals surface area contributed by atoms with Crippen LogP contribution >= 0.6 is 0 Å². The van der Waals surface area contributed by atoms with Crippen LogP contribution in [0.2, 0.25) is 0 Å². The third kappa shape index (κ3) is 2.02. The predicted molar refractivity (Wildman–Crippen MR) is 62.6 cm³/mol. The molecule has 0 N–H and O–H groups in total. The molecule has 1 fully saturated rings. The lowest BCUT2D eigenvalue weighted by atomic mass is 9.70. The quantitative estimate of drug-likeness (QED) is 0.687. The summed E-state index contributed by atoms with van der Waals surface area (Å²) in [6.07, 6.45) is 9.35. The fourth-order valence-electron chi connectivity index (χ4n) is 3.23. The van der Waals surface area contributed by atoms with Crippen LogP contribution in [0.1, 0.15) is 52.4 Å². The highest BCUT2D eigenvalue weighted by Crippen LogP contribution is 2.42. The molecule has 84 valence electrons. The molecule has 2 aliphatic carbocycles. The lowest BCUT2D eigenvalue weighted by Gasteiger charge is -2.33. The maximum absolute atomic E-state index is 12.3. The van der Waals surface area contributed by atoms with E-state index in [1.807, 2.05) is 0 Å². The van der Waals surface area contributed by atoms with Crippen LogP contribution in [0.5, 0.6) is 0 Å². The molecule has 0 radical (unpaired) electrons. The summed E-state index contributed by atoms with van der Waals surface area (Å²) in [5, 5.41) is 0. The zero-order valence-corrected chi connectivity index (χ0v) is 9.96.